The second-order valence-corrected chi connectivity index (χ2v) is 7.44. The van der Waals surface area contributed by atoms with Crippen LogP contribution in [-0.4, -0.2) is 10.9 Å². The van der Waals surface area contributed by atoms with Gasteiger partial charge >= 0.3 is 0 Å². The van der Waals surface area contributed by atoms with Crippen LogP contribution in [0.3, 0.4) is 0 Å². The lowest BCUT2D eigenvalue weighted by Gasteiger charge is -2.19. The predicted octanol–water partition coefficient (Wildman–Crippen LogP) is 5.65. The molecule has 0 aliphatic heterocycles. The van der Waals surface area contributed by atoms with Gasteiger partial charge in [0.1, 0.15) is 23.1 Å². The smallest absolute Gasteiger partial charge is 0.255 e. The van der Waals surface area contributed by atoms with E-state index >= 15 is 0 Å². The maximum Gasteiger partial charge on any atom is 0.255 e. The number of hydrogen-bond donors (Lipinski definition) is 2. The number of carbonyl (C=O) groups is 1. The van der Waals surface area contributed by atoms with Crippen molar-refractivity contribution >= 4 is 23.1 Å². The highest BCUT2D eigenvalue weighted by Gasteiger charge is 2.14. The number of amides is 1. The number of para-hydroxylation sites is 1. The summed E-state index contributed by atoms with van der Waals surface area (Å²) in [6, 6.07) is 14.2. The molecule has 2 aromatic carbocycles. The lowest BCUT2D eigenvalue weighted by atomic mass is 9.87. The topological polar surface area (TPSA) is 54.0 Å². The minimum Gasteiger partial charge on any atom is -0.335 e. The van der Waals surface area contributed by atoms with Crippen molar-refractivity contribution in [1.29, 1.82) is 0 Å². The molecule has 4 nitrogen and oxygen atoms in total. The fourth-order valence-corrected chi connectivity index (χ4v) is 2.61. The van der Waals surface area contributed by atoms with E-state index in [4.69, 9.17) is 0 Å². The first-order valence-electron chi connectivity index (χ1n) is 8.83. The van der Waals surface area contributed by atoms with Gasteiger partial charge in [0.25, 0.3) is 5.91 Å². The Hall–Kier alpha value is -3.28. The Labute approximate surface area is 162 Å². The van der Waals surface area contributed by atoms with Crippen LogP contribution in [0, 0.1) is 11.6 Å². The molecule has 2 N–H and O–H groups in total. The van der Waals surface area contributed by atoms with Crippen molar-refractivity contribution in [3.05, 3.63) is 83.6 Å². The van der Waals surface area contributed by atoms with E-state index in [1.54, 1.807) is 18.2 Å². The number of anilines is 3. The summed E-state index contributed by atoms with van der Waals surface area (Å²) in [6.45, 7) is 6.32. The number of nitrogens with one attached hydrogen (secondary N) is 2. The molecule has 3 rings (SSSR count). The van der Waals surface area contributed by atoms with Gasteiger partial charge in [0.15, 0.2) is 0 Å². The van der Waals surface area contributed by atoms with Crippen LogP contribution in [0.1, 0.15) is 36.7 Å². The molecule has 0 radical (unpaired) electrons. The standard InChI is InChI=1S/C22H21F2N3O/c1-22(2,3)15-9-7-14(8-10-15)21(28)26-16-11-12-19(25-13-16)27-20-17(23)5-4-6-18(20)24/h4-13H,1-3H3,(H,25,27)(H,26,28). The molecule has 0 aliphatic carbocycles. The molecule has 0 unspecified atom stereocenters. The molecule has 0 bridgehead atoms. The third-order valence-electron chi connectivity index (χ3n) is 4.25. The number of carbonyl (C=O) groups excluding carboxylic acids is 1. The molecule has 28 heavy (non-hydrogen) atoms. The highest BCUT2D eigenvalue weighted by molar-refractivity contribution is 6.04. The first-order valence-corrected chi connectivity index (χ1v) is 8.83. The molecular formula is C22H21F2N3O. The van der Waals surface area contributed by atoms with Crippen LogP contribution in [0.25, 0.3) is 0 Å². The fourth-order valence-electron chi connectivity index (χ4n) is 2.61. The Morgan fingerprint density at radius 2 is 1.57 bits per heavy atom. The number of aromatic nitrogens is 1. The lowest BCUT2D eigenvalue weighted by molar-refractivity contribution is 0.102. The summed E-state index contributed by atoms with van der Waals surface area (Å²) >= 11 is 0. The maximum atomic E-state index is 13.7. The Balaban J connectivity index is 1.68. The summed E-state index contributed by atoms with van der Waals surface area (Å²) in [5.41, 5.74) is 1.89. The fraction of sp³-hybridized carbons (Fsp3) is 0.182. The molecule has 6 heteroatoms. The summed E-state index contributed by atoms with van der Waals surface area (Å²) in [5, 5.41) is 5.35. The van der Waals surface area contributed by atoms with Crippen molar-refractivity contribution in [2.45, 2.75) is 26.2 Å². The van der Waals surface area contributed by atoms with E-state index in [9.17, 15) is 13.6 Å². The molecule has 0 fully saturated rings. The summed E-state index contributed by atoms with van der Waals surface area (Å²) in [7, 11) is 0. The SMILES string of the molecule is CC(C)(C)c1ccc(C(=O)Nc2ccc(Nc3c(F)cccc3F)nc2)cc1. The van der Waals surface area contributed by atoms with Gasteiger partial charge in [-0.15, -0.1) is 0 Å². The zero-order valence-electron chi connectivity index (χ0n) is 15.9. The highest BCUT2D eigenvalue weighted by atomic mass is 19.1. The maximum absolute atomic E-state index is 13.7. The summed E-state index contributed by atoms with van der Waals surface area (Å²) in [5.74, 6) is -1.42. The molecule has 0 saturated heterocycles. The molecular weight excluding hydrogens is 360 g/mol. The van der Waals surface area contributed by atoms with E-state index in [2.05, 4.69) is 36.4 Å². The largest absolute Gasteiger partial charge is 0.335 e. The zero-order chi connectivity index (χ0) is 20.3. The van der Waals surface area contributed by atoms with Gasteiger partial charge in [-0.3, -0.25) is 4.79 Å². The van der Waals surface area contributed by atoms with Crippen molar-refractivity contribution in [2.75, 3.05) is 10.6 Å². The van der Waals surface area contributed by atoms with Gasteiger partial charge in [0.2, 0.25) is 0 Å². The minimum absolute atomic E-state index is 0.0134. The van der Waals surface area contributed by atoms with Gasteiger partial charge < -0.3 is 10.6 Å². The van der Waals surface area contributed by atoms with Crippen molar-refractivity contribution in [3.8, 4) is 0 Å². The summed E-state index contributed by atoms with van der Waals surface area (Å²) in [4.78, 5) is 16.5. The number of hydrogen-bond acceptors (Lipinski definition) is 3. The second kappa shape index (κ2) is 7.76. The van der Waals surface area contributed by atoms with Crippen molar-refractivity contribution < 1.29 is 13.6 Å². The lowest BCUT2D eigenvalue weighted by Crippen LogP contribution is -2.14. The Morgan fingerprint density at radius 1 is 0.929 bits per heavy atom. The highest BCUT2D eigenvalue weighted by Crippen LogP contribution is 2.24. The van der Waals surface area contributed by atoms with Crippen LogP contribution in [-0.2, 0) is 5.41 Å². The van der Waals surface area contributed by atoms with Crippen molar-refractivity contribution in [2.24, 2.45) is 0 Å². The van der Waals surface area contributed by atoms with Crippen molar-refractivity contribution in [3.63, 3.8) is 0 Å². The van der Waals surface area contributed by atoms with Crippen LogP contribution in [0.5, 0.6) is 0 Å². The van der Waals surface area contributed by atoms with Crippen LogP contribution in [0.4, 0.5) is 26.0 Å². The van der Waals surface area contributed by atoms with Crippen LogP contribution < -0.4 is 10.6 Å². The van der Waals surface area contributed by atoms with E-state index < -0.39 is 11.6 Å². The van der Waals surface area contributed by atoms with E-state index in [0.29, 0.717) is 11.3 Å². The van der Waals surface area contributed by atoms with Crippen LogP contribution in [0.15, 0.2) is 60.8 Å². The third-order valence-corrected chi connectivity index (χ3v) is 4.25. The van der Waals surface area contributed by atoms with E-state index in [1.807, 2.05) is 12.1 Å². The molecule has 0 spiro atoms. The van der Waals surface area contributed by atoms with Gasteiger partial charge in [-0.1, -0.05) is 39.0 Å². The van der Waals surface area contributed by atoms with E-state index in [1.165, 1.54) is 18.3 Å². The normalized spacial score (nSPS) is 11.2. The Bertz CT molecular complexity index is 958. The van der Waals surface area contributed by atoms with E-state index in [0.717, 1.165) is 17.7 Å². The zero-order valence-corrected chi connectivity index (χ0v) is 15.9. The summed E-state index contributed by atoms with van der Waals surface area (Å²) < 4.78 is 27.4. The first-order chi connectivity index (χ1) is 13.2. The molecule has 3 aromatic rings. The van der Waals surface area contributed by atoms with Crippen LogP contribution >= 0.6 is 0 Å². The van der Waals surface area contributed by atoms with Gasteiger partial charge in [0, 0.05) is 5.56 Å². The quantitative estimate of drug-likeness (QED) is 0.614. The Kier molecular flexibility index (Phi) is 5.40. The van der Waals surface area contributed by atoms with E-state index in [-0.39, 0.29) is 22.8 Å². The van der Waals surface area contributed by atoms with Crippen molar-refractivity contribution in [1.82, 2.24) is 4.98 Å². The molecule has 0 aliphatic rings. The molecule has 144 valence electrons. The first kappa shape index (κ1) is 19.5. The Morgan fingerprint density at radius 3 is 2.11 bits per heavy atom. The summed E-state index contributed by atoms with van der Waals surface area (Å²) in [6.07, 6.45) is 1.42. The van der Waals surface area contributed by atoms with Crippen LogP contribution in [0.2, 0.25) is 0 Å². The minimum atomic E-state index is -0.710. The number of rotatable bonds is 4. The average molecular weight is 381 g/mol. The van der Waals surface area contributed by atoms with Gasteiger partial charge in [0.05, 0.1) is 11.9 Å². The number of benzene rings is 2. The molecule has 0 atom stereocenters. The number of pyridine rings is 1. The molecule has 1 aromatic heterocycles. The molecule has 1 heterocycles. The predicted molar refractivity (Wildman–Crippen MR) is 107 cm³/mol. The number of nitrogens with zero attached hydrogens (tertiary/aromatic N) is 1. The van der Waals surface area contributed by atoms with Gasteiger partial charge in [-0.2, -0.15) is 0 Å². The number of halogens is 2. The van der Waals surface area contributed by atoms with Gasteiger partial charge in [-0.05, 0) is 47.4 Å². The molecule has 1 amide bonds. The monoisotopic (exact) mass is 381 g/mol. The molecule has 0 saturated carbocycles. The third kappa shape index (κ3) is 4.52. The average Bonchev–Trinajstić information content (AvgIpc) is 2.65. The van der Waals surface area contributed by atoms with Gasteiger partial charge in [-0.25, -0.2) is 13.8 Å². The second-order valence-electron chi connectivity index (χ2n) is 7.44.